The number of para-hydroxylation sites is 1. The number of nitrogens with two attached hydrogens (primary N) is 2. The molecule has 0 fully saturated rings. The predicted octanol–water partition coefficient (Wildman–Crippen LogP) is 3.58. The number of nitrogen functional groups attached to an aromatic ring is 2. The molecule has 0 radical (unpaired) electrons. The average molecular weight is 261 g/mol. The maximum Gasteiger partial charge on any atom is 0.0627 e. The highest BCUT2D eigenvalue weighted by Gasteiger charge is 2.06. The monoisotopic (exact) mass is 261 g/mol. The van der Waals surface area contributed by atoms with Crippen LogP contribution in [0.25, 0.3) is 22.3 Å². The molecule has 98 valence electrons. The standard InChI is InChI=1S/C17H15N3/c18-16-8-2-7-15(17(16)19)13-5-1-4-12(10-13)14-6-3-9-20-11-14/h1-11H,18-19H2. The van der Waals surface area contributed by atoms with E-state index in [4.69, 9.17) is 11.5 Å². The quantitative estimate of drug-likeness (QED) is 0.693. The van der Waals surface area contributed by atoms with Crippen molar-refractivity contribution in [1.29, 1.82) is 0 Å². The largest absolute Gasteiger partial charge is 0.397 e. The van der Waals surface area contributed by atoms with Crippen molar-refractivity contribution in [2.75, 3.05) is 11.5 Å². The van der Waals surface area contributed by atoms with Crippen LogP contribution in [0.4, 0.5) is 11.4 Å². The molecule has 0 atom stereocenters. The molecule has 0 amide bonds. The summed E-state index contributed by atoms with van der Waals surface area (Å²) in [6.07, 6.45) is 3.62. The van der Waals surface area contributed by atoms with Gasteiger partial charge in [0.2, 0.25) is 0 Å². The Morgan fingerprint density at radius 2 is 1.50 bits per heavy atom. The van der Waals surface area contributed by atoms with E-state index in [1.54, 1.807) is 6.20 Å². The first-order chi connectivity index (χ1) is 9.75. The van der Waals surface area contributed by atoms with E-state index in [1.165, 1.54) is 0 Å². The molecule has 0 bridgehead atoms. The molecule has 0 saturated heterocycles. The van der Waals surface area contributed by atoms with Gasteiger partial charge in [0.15, 0.2) is 0 Å². The second kappa shape index (κ2) is 5.05. The molecule has 3 heteroatoms. The molecule has 0 saturated carbocycles. The Balaban J connectivity index is 2.10. The van der Waals surface area contributed by atoms with Gasteiger partial charge in [0.1, 0.15) is 0 Å². The summed E-state index contributed by atoms with van der Waals surface area (Å²) in [5, 5.41) is 0. The second-order valence-electron chi connectivity index (χ2n) is 4.63. The van der Waals surface area contributed by atoms with Crippen LogP contribution in [0.3, 0.4) is 0 Å². The van der Waals surface area contributed by atoms with Gasteiger partial charge in [-0.1, -0.05) is 36.4 Å². The Morgan fingerprint density at radius 3 is 2.30 bits per heavy atom. The summed E-state index contributed by atoms with van der Waals surface area (Å²) in [6, 6.07) is 17.9. The normalized spacial score (nSPS) is 10.4. The predicted molar refractivity (Wildman–Crippen MR) is 83.9 cm³/mol. The molecule has 0 aliphatic carbocycles. The lowest BCUT2D eigenvalue weighted by Crippen LogP contribution is -1.96. The lowest BCUT2D eigenvalue weighted by molar-refractivity contribution is 1.33. The highest BCUT2D eigenvalue weighted by Crippen LogP contribution is 2.32. The molecule has 1 heterocycles. The van der Waals surface area contributed by atoms with E-state index in [0.717, 1.165) is 22.3 Å². The van der Waals surface area contributed by atoms with E-state index < -0.39 is 0 Å². The Bertz CT molecular complexity index is 736. The number of benzene rings is 2. The second-order valence-corrected chi connectivity index (χ2v) is 4.63. The number of hydrogen-bond acceptors (Lipinski definition) is 3. The first-order valence-corrected chi connectivity index (χ1v) is 6.40. The van der Waals surface area contributed by atoms with Crippen LogP contribution in [0, 0.1) is 0 Å². The summed E-state index contributed by atoms with van der Waals surface area (Å²) in [4.78, 5) is 4.15. The number of nitrogens with zero attached hydrogens (tertiary/aromatic N) is 1. The SMILES string of the molecule is Nc1cccc(-c2cccc(-c3cccnc3)c2)c1N. The Labute approximate surface area is 117 Å². The third-order valence-corrected chi connectivity index (χ3v) is 3.31. The zero-order valence-corrected chi connectivity index (χ0v) is 11.0. The van der Waals surface area contributed by atoms with Gasteiger partial charge in [0, 0.05) is 23.5 Å². The number of hydrogen-bond donors (Lipinski definition) is 2. The summed E-state index contributed by atoms with van der Waals surface area (Å²) in [6.45, 7) is 0. The fraction of sp³-hybridized carbons (Fsp3) is 0. The first-order valence-electron chi connectivity index (χ1n) is 6.40. The maximum absolute atomic E-state index is 6.07. The molecule has 20 heavy (non-hydrogen) atoms. The van der Waals surface area contributed by atoms with Gasteiger partial charge in [-0.05, 0) is 29.3 Å². The molecule has 3 rings (SSSR count). The van der Waals surface area contributed by atoms with Crippen LogP contribution in [0.5, 0.6) is 0 Å². The molecule has 0 unspecified atom stereocenters. The number of pyridine rings is 1. The van der Waals surface area contributed by atoms with Gasteiger partial charge >= 0.3 is 0 Å². The van der Waals surface area contributed by atoms with Crippen LogP contribution < -0.4 is 11.5 Å². The van der Waals surface area contributed by atoms with Gasteiger partial charge < -0.3 is 11.5 Å². The van der Waals surface area contributed by atoms with Crippen molar-refractivity contribution in [3.8, 4) is 22.3 Å². The van der Waals surface area contributed by atoms with Crippen LogP contribution in [0.1, 0.15) is 0 Å². The van der Waals surface area contributed by atoms with Crippen molar-refractivity contribution in [2.45, 2.75) is 0 Å². The number of aromatic nitrogens is 1. The minimum atomic E-state index is 0.606. The average Bonchev–Trinajstić information content (AvgIpc) is 2.51. The third-order valence-electron chi connectivity index (χ3n) is 3.31. The van der Waals surface area contributed by atoms with Gasteiger partial charge in [0.25, 0.3) is 0 Å². The Kier molecular flexibility index (Phi) is 3.09. The molecular formula is C17H15N3. The van der Waals surface area contributed by atoms with E-state index in [9.17, 15) is 0 Å². The van der Waals surface area contributed by atoms with Crippen molar-refractivity contribution >= 4 is 11.4 Å². The molecule has 1 aromatic heterocycles. The lowest BCUT2D eigenvalue weighted by atomic mass is 9.98. The summed E-state index contributed by atoms with van der Waals surface area (Å²) in [5.74, 6) is 0. The maximum atomic E-state index is 6.07. The fourth-order valence-corrected chi connectivity index (χ4v) is 2.23. The highest BCUT2D eigenvalue weighted by atomic mass is 14.7. The van der Waals surface area contributed by atoms with Gasteiger partial charge in [-0.25, -0.2) is 0 Å². The number of rotatable bonds is 2. The topological polar surface area (TPSA) is 64.9 Å². The van der Waals surface area contributed by atoms with Crippen LogP contribution in [0.15, 0.2) is 67.0 Å². The molecular weight excluding hydrogens is 246 g/mol. The summed E-state index contributed by atoms with van der Waals surface area (Å²) >= 11 is 0. The Morgan fingerprint density at radius 1 is 0.750 bits per heavy atom. The molecule has 2 aromatic carbocycles. The number of anilines is 2. The van der Waals surface area contributed by atoms with Crippen molar-refractivity contribution < 1.29 is 0 Å². The molecule has 0 spiro atoms. The minimum absolute atomic E-state index is 0.606. The molecule has 3 nitrogen and oxygen atoms in total. The van der Waals surface area contributed by atoms with E-state index >= 15 is 0 Å². The minimum Gasteiger partial charge on any atom is -0.397 e. The van der Waals surface area contributed by atoms with Gasteiger partial charge in [-0.3, -0.25) is 4.98 Å². The molecule has 4 N–H and O–H groups in total. The van der Waals surface area contributed by atoms with Crippen molar-refractivity contribution in [3.05, 3.63) is 67.0 Å². The lowest BCUT2D eigenvalue weighted by Gasteiger charge is -2.10. The zero-order valence-electron chi connectivity index (χ0n) is 11.0. The first kappa shape index (κ1) is 12.2. The van der Waals surface area contributed by atoms with E-state index in [0.29, 0.717) is 11.4 Å². The van der Waals surface area contributed by atoms with Gasteiger partial charge in [-0.2, -0.15) is 0 Å². The van der Waals surface area contributed by atoms with Crippen LogP contribution >= 0.6 is 0 Å². The summed E-state index contributed by atoms with van der Waals surface area (Å²) < 4.78 is 0. The van der Waals surface area contributed by atoms with Gasteiger partial charge in [-0.15, -0.1) is 0 Å². The van der Waals surface area contributed by atoms with Crippen molar-refractivity contribution in [3.63, 3.8) is 0 Å². The van der Waals surface area contributed by atoms with Crippen LogP contribution in [-0.4, -0.2) is 4.98 Å². The summed E-state index contributed by atoms with van der Waals surface area (Å²) in [7, 11) is 0. The molecule has 0 aliphatic heterocycles. The summed E-state index contributed by atoms with van der Waals surface area (Å²) in [5.41, 5.74) is 17.4. The highest BCUT2D eigenvalue weighted by molar-refractivity contribution is 5.85. The third kappa shape index (κ3) is 2.21. The zero-order chi connectivity index (χ0) is 13.9. The van der Waals surface area contributed by atoms with E-state index in [2.05, 4.69) is 17.1 Å². The smallest absolute Gasteiger partial charge is 0.0627 e. The van der Waals surface area contributed by atoms with E-state index in [1.807, 2.05) is 48.7 Å². The molecule has 3 aromatic rings. The molecule has 0 aliphatic rings. The van der Waals surface area contributed by atoms with Crippen molar-refractivity contribution in [1.82, 2.24) is 4.98 Å². The fourth-order valence-electron chi connectivity index (χ4n) is 2.23. The van der Waals surface area contributed by atoms with E-state index in [-0.39, 0.29) is 0 Å². The van der Waals surface area contributed by atoms with Crippen LogP contribution in [-0.2, 0) is 0 Å². The Hall–Kier alpha value is -2.81. The van der Waals surface area contributed by atoms with Crippen LogP contribution in [0.2, 0.25) is 0 Å². The van der Waals surface area contributed by atoms with Crippen molar-refractivity contribution in [2.24, 2.45) is 0 Å². The van der Waals surface area contributed by atoms with Gasteiger partial charge in [0.05, 0.1) is 11.4 Å².